The van der Waals surface area contributed by atoms with Crippen molar-refractivity contribution in [3.63, 3.8) is 0 Å². The largest absolute Gasteiger partial charge is 0.247 e. The van der Waals surface area contributed by atoms with Gasteiger partial charge in [-0.05, 0) is 5.92 Å². The van der Waals surface area contributed by atoms with Crippen LogP contribution in [0.4, 0.5) is 0 Å². The molecule has 0 aromatic heterocycles. The molecule has 1 aliphatic heterocycles. The van der Waals surface area contributed by atoms with E-state index < -0.39 is 0 Å². The molecule has 10 heavy (non-hydrogen) atoms. The summed E-state index contributed by atoms with van der Waals surface area (Å²) in [6.07, 6.45) is 1.80. The summed E-state index contributed by atoms with van der Waals surface area (Å²) < 4.78 is 0. The van der Waals surface area contributed by atoms with Crippen molar-refractivity contribution in [1.29, 1.82) is 0 Å². The second-order valence-electron chi connectivity index (χ2n) is 2.69. The first kappa shape index (κ1) is 8.09. The molecule has 1 aliphatic rings. The molecule has 0 aromatic carbocycles. The molecule has 3 heteroatoms. The second kappa shape index (κ2) is 2.93. The second-order valence-corrected chi connectivity index (χ2v) is 3.45. The molecule has 0 radical (unpaired) electrons. The number of allylic oxidation sites excluding steroid dienone is 1. The highest BCUT2D eigenvalue weighted by molar-refractivity contribution is 6.41. The number of aliphatic imine (C=N–C) groups is 1. The van der Waals surface area contributed by atoms with Gasteiger partial charge >= 0.3 is 0 Å². The van der Waals surface area contributed by atoms with Crippen molar-refractivity contribution in [3.05, 3.63) is 10.2 Å². The SMILES string of the molecule is CC(C)C1C=NC(Cl)=C1Cl. The maximum atomic E-state index is 5.85. The molecule has 1 atom stereocenters. The van der Waals surface area contributed by atoms with Crippen molar-refractivity contribution in [2.75, 3.05) is 0 Å². The molecule has 1 nitrogen and oxygen atoms in total. The van der Waals surface area contributed by atoms with Crippen LogP contribution in [0.3, 0.4) is 0 Å². The van der Waals surface area contributed by atoms with Crippen molar-refractivity contribution in [3.8, 4) is 0 Å². The number of halogens is 2. The van der Waals surface area contributed by atoms with Gasteiger partial charge in [0.15, 0.2) is 0 Å². The van der Waals surface area contributed by atoms with Crippen LogP contribution in [-0.2, 0) is 0 Å². The first-order chi connectivity index (χ1) is 4.63. The molecule has 0 N–H and O–H groups in total. The van der Waals surface area contributed by atoms with Crippen molar-refractivity contribution in [2.24, 2.45) is 16.8 Å². The highest BCUT2D eigenvalue weighted by atomic mass is 35.5. The highest BCUT2D eigenvalue weighted by Crippen LogP contribution is 2.32. The maximum absolute atomic E-state index is 5.85. The first-order valence-corrected chi connectivity index (χ1v) is 3.98. The molecule has 1 rings (SSSR count). The smallest absolute Gasteiger partial charge is 0.143 e. The molecule has 1 unspecified atom stereocenters. The summed E-state index contributed by atoms with van der Waals surface area (Å²) >= 11 is 11.5. The van der Waals surface area contributed by atoms with Crippen molar-refractivity contribution < 1.29 is 0 Å². The summed E-state index contributed by atoms with van der Waals surface area (Å²) in [5.41, 5.74) is 0. The van der Waals surface area contributed by atoms with E-state index in [1.165, 1.54) is 0 Å². The van der Waals surface area contributed by atoms with Crippen LogP contribution in [-0.4, -0.2) is 6.21 Å². The van der Waals surface area contributed by atoms with E-state index in [2.05, 4.69) is 18.8 Å². The fourth-order valence-electron chi connectivity index (χ4n) is 0.875. The lowest BCUT2D eigenvalue weighted by molar-refractivity contribution is 0.582. The van der Waals surface area contributed by atoms with Crippen molar-refractivity contribution in [2.45, 2.75) is 13.8 Å². The van der Waals surface area contributed by atoms with E-state index in [1.54, 1.807) is 6.21 Å². The Bertz CT molecular complexity index is 194. The predicted octanol–water partition coefficient (Wildman–Crippen LogP) is 2.99. The minimum Gasteiger partial charge on any atom is -0.247 e. The van der Waals surface area contributed by atoms with Gasteiger partial charge in [-0.15, -0.1) is 0 Å². The summed E-state index contributed by atoms with van der Waals surface area (Å²) in [4.78, 5) is 3.91. The van der Waals surface area contributed by atoms with Gasteiger partial charge in [0.2, 0.25) is 0 Å². The molecule has 0 saturated heterocycles. The predicted molar refractivity (Wildman–Crippen MR) is 45.6 cm³/mol. The summed E-state index contributed by atoms with van der Waals surface area (Å²) in [5, 5.41) is 1.12. The lowest BCUT2D eigenvalue weighted by Crippen LogP contribution is -2.07. The van der Waals surface area contributed by atoms with Crippen LogP contribution in [0.1, 0.15) is 13.8 Å². The van der Waals surface area contributed by atoms with Gasteiger partial charge in [-0.1, -0.05) is 37.0 Å². The van der Waals surface area contributed by atoms with E-state index in [9.17, 15) is 0 Å². The molecule has 0 aliphatic carbocycles. The van der Waals surface area contributed by atoms with Crippen molar-refractivity contribution in [1.82, 2.24) is 0 Å². The van der Waals surface area contributed by atoms with Crippen LogP contribution in [0.2, 0.25) is 0 Å². The molecule has 0 aromatic rings. The van der Waals surface area contributed by atoms with Crippen LogP contribution < -0.4 is 0 Å². The normalized spacial score (nSPS) is 25.1. The van der Waals surface area contributed by atoms with Gasteiger partial charge in [-0.2, -0.15) is 0 Å². The number of nitrogens with zero attached hydrogens (tertiary/aromatic N) is 1. The molecule has 0 spiro atoms. The third-order valence-electron chi connectivity index (χ3n) is 1.56. The molecule has 0 saturated carbocycles. The average molecular weight is 178 g/mol. The zero-order valence-corrected chi connectivity index (χ0v) is 7.45. The Morgan fingerprint density at radius 3 is 2.30 bits per heavy atom. The van der Waals surface area contributed by atoms with Crippen molar-refractivity contribution >= 4 is 29.4 Å². The summed E-state index contributed by atoms with van der Waals surface area (Å²) in [6.45, 7) is 4.18. The van der Waals surface area contributed by atoms with E-state index in [-0.39, 0.29) is 5.92 Å². The molecule has 1 heterocycles. The summed E-state index contributed by atoms with van der Waals surface area (Å²) in [7, 11) is 0. The zero-order valence-electron chi connectivity index (χ0n) is 5.94. The Balaban J connectivity index is 2.78. The van der Waals surface area contributed by atoms with Crippen LogP contribution in [0, 0.1) is 11.8 Å². The fourth-order valence-corrected chi connectivity index (χ4v) is 1.41. The van der Waals surface area contributed by atoms with Crippen LogP contribution in [0.5, 0.6) is 0 Å². The van der Waals surface area contributed by atoms with E-state index in [1.807, 2.05) is 0 Å². The van der Waals surface area contributed by atoms with Gasteiger partial charge in [-0.25, -0.2) is 4.99 Å². The Morgan fingerprint density at radius 1 is 1.50 bits per heavy atom. The molecule has 0 bridgehead atoms. The van der Waals surface area contributed by atoms with Gasteiger partial charge < -0.3 is 0 Å². The van der Waals surface area contributed by atoms with E-state index in [0.29, 0.717) is 16.1 Å². The van der Waals surface area contributed by atoms with Gasteiger partial charge in [0.1, 0.15) is 5.16 Å². The molecule has 56 valence electrons. The Labute approximate surface area is 70.7 Å². The third-order valence-corrected chi connectivity index (χ3v) is 2.39. The van der Waals surface area contributed by atoms with Gasteiger partial charge in [0, 0.05) is 12.1 Å². The quantitative estimate of drug-likeness (QED) is 0.547. The minimum atomic E-state index is 0.231. The molecular weight excluding hydrogens is 169 g/mol. The minimum absolute atomic E-state index is 0.231. The molecule has 0 fully saturated rings. The van der Waals surface area contributed by atoms with E-state index in [0.717, 1.165) is 0 Å². The lowest BCUT2D eigenvalue weighted by Gasteiger charge is -2.09. The van der Waals surface area contributed by atoms with Crippen LogP contribution in [0.25, 0.3) is 0 Å². The topological polar surface area (TPSA) is 12.4 Å². The number of hydrogen-bond donors (Lipinski definition) is 0. The van der Waals surface area contributed by atoms with Crippen LogP contribution in [0.15, 0.2) is 15.2 Å². The Morgan fingerprint density at radius 2 is 2.10 bits per heavy atom. The fraction of sp³-hybridized carbons (Fsp3) is 0.571. The lowest BCUT2D eigenvalue weighted by atomic mass is 9.98. The summed E-state index contributed by atoms with van der Waals surface area (Å²) in [5.74, 6) is 0.710. The first-order valence-electron chi connectivity index (χ1n) is 3.22. The molecule has 0 amide bonds. The maximum Gasteiger partial charge on any atom is 0.143 e. The Hall–Kier alpha value is -0.0100. The van der Waals surface area contributed by atoms with Gasteiger partial charge in [-0.3, -0.25) is 0 Å². The molecular formula is C7H9Cl2N. The van der Waals surface area contributed by atoms with E-state index >= 15 is 0 Å². The van der Waals surface area contributed by atoms with E-state index in [4.69, 9.17) is 23.2 Å². The monoisotopic (exact) mass is 177 g/mol. The standard InChI is InChI=1S/C7H9Cl2N/c1-4(2)5-3-10-7(9)6(5)8/h3-5H,1-2H3. The highest BCUT2D eigenvalue weighted by Gasteiger charge is 2.21. The van der Waals surface area contributed by atoms with Gasteiger partial charge in [0.05, 0.1) is 5.03 Å². The van der Waals surface area contributed by atoms with Gasteiger partial charge in [0.25, 0.3) is 0 Å². The Kier molecular flexibility index (Phi) is 2.37. The zero-order chi connectivity index (χ0) is 7.72. The number of rotatable bonds is 1. The number of hydrogen-bond acceptors (Lipinski definition) is 1. The summed E-state index contributed by atoms with van der Waals surface area (Å²) in [6, 6.07) is 0. The third kappa shape index (κ3) is 1.35. The van der Waals surface area contributed by atoms with Crippen LogP contribution >= 0.6 is 23.2 Å². The average Bonchev–Trinajstić information content (AvgIpc) is 2.14.